The van der Waals surface area contributed by atoms with Gasteiger partial charge in [-0.05, 0) is 109 Å². The van der Waals surface area contributed by atoms with Gasteiger partial charge in [0.05, 0.1) is 5.69 Å². The minimum Gasteiger partial charge on any atom is -0.310 e. The molecular formula is C59H43N. The molecule has 0 aromatic heterocycles. The van der Waals surface area contributed by atoms with Crippen LogP contribution in [0, 0.1) is 0 Å². The van der Waals surface area contributed by atoms with Crippen molar-refractivity contribution in [3.05, 3.63) is 259 Å². The van der Waals surface area contributed by atoms with Crippen LogP contribution in [-0.4, -0.2) is 0 Å². The standard InChI is InChI=1S/C59H43N/c1-3-13-44(14-4-1)47-29-31-50(32-30-47)54(42-53-21-11-19-51-17-7-9-22-57(51)53)41-43-25-27-46(28-26-43)49-35-39-56(40-36-49)60(59-24-12-20-52-18-8-10-23-58(52)59)55-37-33-48(34-38-55)45-15-5-2-6-16-45/h1-40,42H,41H2/b54-42-. The van der Waals surface area contributed by atoms with Gasteiger partial charge in [0.15, 0.2) is 0 Å². The molecule has 0 aliphatic heterocycles. The van der Waals surface area contributed by atoms with E-state index >= 15 is 0 Å². The third kappa shape index (κ3) is 7.65. The van der Waals surface area contributed by atoms with Crippen molar-refractivity contribution in [1.82, 2.24) is 0 Å². The Morgan fingerprint density at radius 1 is 0.333 bits per heavy atom. The summed E-state index contributed by atoms with van der Waals surface area (Å²) in [6.45, 7) is 0. The molecule has 0 saturated carbocycles. The van der Waals surface area contributed by atoms with Gasteiger partial charge in [-0.25, -0.2) is 0 Å². The predicted octanol–water partition coefficient (Wildman–Crippen LogP) is 16.2. The average molecular weight is 766 g/mol. The van der Waals surface area contributed by atoms with E-state index in [9.17, 15) is 0 Å². The Balaban J connectivity index is 0.957. The van der Waals surface area contributed by atoms with E-state index in [0.717, 1.165) is 23.5 Å². The summed E-state index contributed by atoms with van der Waals surface area (Å²) < 4.78 is 0. The van der Waals surface area contributed by atoms with Crippen LogP contribution in [-0.2, 0) is 6.42 Å². The molecule has 0 radical (unpaired) electrons. The van der Waals surface area contributed by atoms with Crippen molar-refractivity contribution in [2.45, 2.75) is 6.42 Å². The van der Waals surface area contributed by atoms with E-state index in [1.807, 2.05) is 0 Å². The van der Waals surface area contributed by atoms with Crippen LogP contribution in [0.1, 0.15) is 16.7 Å². The van der Waals surface area contributed by atoms with Crippen LogP contribution in [0.4, 0.5) is 17.1 Å². The summed E-state index contributed by atoms with van der Waals surface area (Å²) >= 11 is 0. The van der Waals surface area contributed by atoms with Crippen molar-refractivity contribution in [3.63, 3.8) is 0 Å². The topological polar surface area (TPSA) is 3.24 Å². The summed E-state index contributed by atoms with van der Waals surface area (Å²) in [4.78, 5) is 2.38. The summed E-state index contributed by atoms with van der Waals surface area (Å²) in [5.41, 5.74) is 15.6. The van der Waals surface area contributed by atoms with E-state index in [2.05, 4.69) is 254 Å². The van der Waals surface area contributed by atoms with Gasteiger partial charge < -0.3 is 4.90 Å². The van der Waals surface area contributed by atoms with E-state index < -0.39 is 0 Å². The molecule has 1 heteroatoms. The van der Waals surface area contributed by atoms with Crippen LogP contribution in [0.3, 0.4) is 0 Å². The number of fused-ring (bicyclic) bond motifs is 2. The highest BCUT2D eigenvalue weighted by Gasteiger charge is 2.16. The normalized spacial score (nSPS) is 11.5. The molecule has 10 aromatic carbocycles. The average Bonchev–Trinajstić information content (AvgIpc) is 3.33. The first-order chi connectivity index (χ1) is 29.7. The molecule has 10 rings (SSSR count). The third-order valence-electron chi connectivity index (χ3n) is 11.6. The number of benzene rings is 10. The molecule has 0 aliphatic rings. The van der Waals surface area contributed by atoms with Crippen molar-refractivity contribution in [3.8, 4) is 33.4 Å². The summed E-state index contributed by atoms with van der Waals surface area (Å²) in [6, 6.07) is 87.7. The first kappa shape index (κ1) is 36.6. The molecule has 284 valence electrons. The molecule has 0 N–H and O–H groups in total. The largest absolute Gasteiger partial charge is 0.310 e. The minimum absolute atomic E-state index is 0.816. The molecule has 0 atom stereocenters. The van der Waals surface area contributed by atoms with Crippen molar-refractivity contribution < 1.29 is 0 Å². The highest BCUT2D eigenvalue weighted by Crippen LogP contribution is 2.40. The second kappa shape index (κ2) is 16.6. The first-order valence-corrected chi connectivity index (χ1v) is 20.7. The van der Waals surface area contributed by atoms with Crippen LogP contribution in [0.2, 0.25) is 0 Å². The molecule has 0 amide bonds. The maximum absolute atomic E-state index is 2.38. The van der Waals surface area contributed by atoms with Crippen LogP contribution in [0.5, 0.6) is 0 Å². The SMILES string of the molecule is C(=C(\Cc1ccc(-c2ccc(N(c3ccc(-c4ccccc4)cc3)c3cccc4ccccc34)cc2)cc1)c1ccc(-c2ccccc2)cc1)/c1cccc2ccccc12. The number of rotatable bonds is 10. The van der Waals surface area contributed by atoms with E-state index in [4.69, 9.17) is 0 Å². The van der Waals surface area contributed by atoms with Gasteiger partial charge in [-0.1, -0.05) is 218 Å². The van der Waals surface area contributed by atoms with E-state index in [1.165, 1.54) is 77.2 Å². The molecule has 0 bridgehead atoms. The smallest absolute Gasteiger partial charge is 0.0540 e. The zero-order valence-electron chi connectivity index (χ0n) is 33.3. The third-order valence-corrected chi connectivity index (χ3v) is 11.6. The van der Waals surface area contributed by atoms with Crippen molar-refractivity contribution in [1.29, 1.82) is 0 Å². The van der Waals surface area contributed by atoms with Crippen LogP contribution >= 0.6 is 0 Å². The van der Waals surface area contributed by atoms with E-state index in [1.54, 1.807) is 0 Å². The van der Waals surface area contributed by atoms with E-state index in [0.29, 0.717) is 0 Å². The van der Waals surface area contributed by atoms with Crippen LogP contribution in [0.15, 0.2) is 243 Å². The number of hydrogen-bond acceptors (Lipinski definition) is 1. The second-order valence-corrected chi connectivity index (χ2v) is 15.3. The number of nitrogens with zero attached hydrogens (tertiary/aromatic N) is 1. The Labute approximate surface area is 352 Å². The van der Waals surface area contributed by atoms with Crippen LogP contribution in [0.25, 0.3) is 66.6 Å². The lowest BCUT2D eigenvalue weighted by atomic mass is 9.92. The highest BCUT2D eigenvalue weighted by atomic mass is 15.1. The first-order valence-electron chi connectivity index (χ1n) is 20.7. The van der Waals surface area contributed by atoms with Gasteiger partial charge in [-0.15, -0.1) is 0 Å². The van der Waals surface area contributed by atoms with Crippen molar-refractivity contribution >= 4 is 50.3 Å². The Hall–Kier alpha value is -7.74. The summed E-state index contributed by atoms with van der Waals surface area (Å²) in [7, 11) is 0. The van der Waals surface area contributed by atoms with Gasteiger partial charge in [-0.3, -0.25) is 0 Å². The zero-order chi connectivity index (χ0) is 40.1. The summed E-state index contributed by atoms with van der Waals surface area (Å²) in [6.07, 6.45) is 3.19. The Morgan fingerprint density at radius 3 is 1.32 bits per heavy atom. The van der Waals surface area contributed by atoms with Gasteiger partial charge >= 0.3 is 0 Å². The van der Waals surface area contributed by atoms with Gasteiger partial charge in [0.2, 0.25) is 0 Å². The number of anilines is 3. The fourth-order valence-corrected chi connectivity index (χ4v) is 8.41. The molecule has 60 heavy (non-hydrogen) atoms. The molecule has 0 spiro atoms. The summed E-state index contributed by atoms with van der Waals surface area (Å²) in [5, 5.41) is 4.95. The fourth-order valence-electron chi connectivity index (χ4n) is 8.41. The van der Waals surface area contributed by atoms with Gasteiger partial charge in [0.1, 0.15) is 0 Å². The second-order valence-electron chi connectivity index (χ2n) is 15.3. The highest BCUT2D eigenvalue weighted by molar-refractivity contribution is 5.99. The zero-order valence-corrected chi connectivity index (χ0v) is 33.3. The Morgan fingerprint density at radius 2 is 0.750 bits per heavy atom. The monoisotopic (exact) mass is 765 g/mol. The summed E-state index contributed by atoms with van der Waals surface area (Å²) in [5.74, 6) is 0. The van der Waals surface area contributed by atoms with Gasteiger partial charge in [-0.2, -0.15) is 0 Å². The maximum Gasteiger partial charge on any atom is 0.0540 e. The minimum atomic E-state index is 0.816. The lowest BCUT2D eigenvalue weighted by molar-refractivity contribution is 1.28. The van der Waals surface area contributed by atoms with Crippen LogP contribution < -0.4 is 4.90 Å². The lowest BCUT2D eigenvalue weighted by Gasteiger charge is -2.27. The molecule has 0 fully saturated rings. The van der Waals surface area contributed by atoms with Gasteiger partial charge in [0, 0.05) is 16.8 Å². The molecule has 10 aromatic rings. The quantitative estimate of drug-likeness (QED) is 0.125. The molecule has 0 aliphatic carbocycles. The van der Waals surface area contributed by atoms with E-state index in [-0.39, 0.29) is 0 Å². The molecule has 0 unspecified atom stereocenters. The molecule has 0 heterocycles. The van der Waals surface area contributed by atoms with Crippen molar-refractivity contribution in [2.75, 3.05) is 4.90 Å². The predicted molar refractivity (Wildman–Crippen MR) is 257 cm³/mol. The lowest BCUT2D eigenvalue weighted by Crippen LogP contribution is -2.10. The number of allylic oxidation sites excluding steroid dienone is 1. The van der Waals surface area contributed by atoms with Gasteiger partial charge in [0.25, 0.3) is 0 Å². The maximum atomic E-state index is 2.38. The Kier molecular flexibility index (Phi) is 10.1. The molecular weight excluding hydrogens is 723 g/mol. The molecule has 0 saturated heterocycles. The molecule has 1 nitrogen and oxygen atoms in total. The Bertz CT molecular complexity index is 3040. The number of hydrogen-bond donors (Lipinski definition) is 0. The fraction of sp³-hybridized carbons (Fsp3) is 0.0169. The van der Waals surface area contributed by atoms with Crippen molar-refractivity contribution in [2.24, 2.45) is 0 Å².